The maximum absolute atomic E-state index is 5.85. The fourth-order valence-electron chi connectivity index (χ4n) is 2.12. The van der Waals surface area contributed by atoms with Crippen molar-refractivity contribution in [2.45, 2.75) is 46.1 Å². The Hall–Kier alpha value is -1.77. The summed E-state index contributed by atoms with van der Waals surface area (Å²) in [5.41, 5.74) is 1.47. The number of hydrogen-bond acceptors (Lipinski definition) is 2. The van der Waals surface area contributed by atoms with Crippen molar-refractivity contribution in [1.82, 2.24) is 9.55 Å². The minimum absolute atomic E-state index is 0.160. The quantitative estimate of drug-likeness (QED) is 0.770. The van der Waals surface area contributed by atoms with Crippen LogP contribution in [-0.4, -0.2) is 16.2 Å². The Kier molecular flexibility index (Phi) is 4.48. The van der Waals surface area contributed by atoms with Gasteiger partial charge in [0.15, 0.2) is 0 Å². The highest BCUT2D eigenvalue weighted by molar-refractivity contribution is 5.32. The van der Waals surface area contributed by atoms with Crippen molar-refractivity contribution >= 4 is 0 Å². The third-order valence-electron chi connectivity index (χ3n) is 3.44. The van der Waals surface area contributed by atoms with Crippen LogP contribution in [0.15, 0.2) is 36.7 Å². The first-order valence-corrected chi connectivity index (χ1v) is 7.18. The molecule has 0 saturated carbocycles. The first-order valence-electron chi connectivity index (χ1n) is 7.18. The molecule has 3 heteroatoms. The molecular weight excluding hydrogens is 248 g/mol. The molecule has 0 bridgehead atoms. The summed E-state index contributed by atoms with van der Waals surface area (Å²) in [5.74, 6) is 2.01. The maximum atomic E-state index is 5.85. The van der Waals surface area contributed by atoms with E-state index < -0.39 is 0 Å². The summed E-state index contributed by atoms with van der Waals surface area (Å²) in [4.78, 5) is 4.21. The highest BCUT2D eigenvalue weighted by atomic mass is 16.5. The number of hydrogen-bond donors (Lipinski definition) is 0. The molecular formula is C17H24N2O. The molecule has 0 atom stereocenters. The second-order valence-corrected chi connectivity index (χ2v) is 6.15. The van der Waals surface area contributed by atoms with Crippen molar-refractivity contribution in [3.8, 4) is 5.75 Å². The smallest absolute Gasteiger partial charge is 0.119 e. The second kappa shape index (κ2) is 6.12. The Morgan fingerprint density at radius 2 is 2.05 bits per heavy atom. The molecule has 0 aliphatic heterocycles. The normalized spacial score (nSPS) is 11.6. The third kappa shape index (κ3) is 3.86. The topological polar surface area (TPSA) is 27.1 Å². The van der Waals surface area contributed by atoms with E-state index in [1.54, 1.807) is 0 Å². The summed E-state index contributed by atoms with van der Waals surface area (Å²) in [7, 11) is 0. The van der Waals surface area contributed by atoms with E-state index >= 15 is 0 Å². The number of rotatable bonds is 5. The van der Waals surface area contributed by atoms with Gasteiger partial charge >= 0.3 is 0 Å². The Morgan fingerprint density at radius 1 is 1.25 bits per heavy atom. The SMILES string of the molecule is Cc1nccn1CCCOc1cccc(C(C)(C)C)c1. The lowest BCUT2D eigenvalue weighted by Gasteiger charge is -2.19. The van der Waals surface area contributed by atoms with E-state index in [0.29, 0.717) is 0 Å². The average molecular weight is 272 g/mol. The average Bonchev–Trinajstić information content (AvgIpc) is 2.80. The molecule has 0 aliphatic carbocycles. The minimum atomic E-state index is 0.160. The van der Waals surface area contributed by atoms with Crippen LogP contribution in [0, 0.1) is 6.92 Å². The summed E-state index contributed by atoms with van der Waals surface area (Å²) in [6.45, 7) is 10.3. The molecule has 0 fully saturated rings. The van der Waals surface area contributed by atoms with Gasteiger partial charge in [0.2, 0.25) is 0 Å². The van der Waals surface area contributed by atoms with Crippen molar-refractivity contribution in [3.63, 3.8) is 0 Å². The Labute approximate surface area is 121 Å². The van der Waals surface area contributed by atoms with Gasteiger partial charge < -0.3 is 9.30 Å². The van der Waals surface area contributed by atoms with Crippen LogP contribution in [0.5, 0.6) is 5.75 Å². The molecule has 20 heavy (non-hydrogen) atoms. The molecule has 0 radical (unpaired) electrons. The highest BCUT2D eigenvalue weighted by Crippen LogP contribution is 2.25. The van der Waals surface area contributed by atoms with Crippen LogP contribution in [0.3, 0.4) is 0 Å². The molecule has 1 aromatic heterocycles. The number of ether oxygens (including phenoxy) is 1. The lowest BCUT2D eigenvalue weighted by molar-refractivity contribution is 0.300. The summed E-state index contributed by atoms with van der Waals surface area (Å²) < 4.78 is 7.99. The van der Waals surface area contributed by atoms with Crippen LogP contribution in [-0.2, 0) is 12.0 Å². The predicted molar refractivity (Wildman–Crippen MR) is 82.2 cm³/mol. The van der Waals surface area contributed by atoms with E-state index in [0.717, 1.165) is 31.1 Å². The molecule has 3 nitrogen and oxygen atoms in total. The van der Waals surface area contributed by atoms with Gasteiger partial charge in [-0.15, -0.1) is 0 Å². The molecule has 2 rings (SSSR count). The van der Waals surface area contributed by atoms with Gasteiger partial charge in [0.25, 0.3) is 0 Å². The number of aromatic nitrogens is 2. The predicted octanol–water partition coefficient (Wildman–Crippen LogP) is 3.96. The first kappa shape index (κ1) is 14.6. The number of imidazole rings is 1. The van der Waals surface area contributed by atoms with E-state index in [9.17, 15) is 0 Å². The van der Waals surface area contributed by atoms with E-state index in [4.69, 9.17) is 4.74 Å². The van der Waals surface area contributed by atoms with Gasteiger partial charge in [0.05, 0.1) is 6.61 Å². The summed E-state index contributed by atoms with van der Waals surface area (Å²) in [5, 5.41) is 0. The summed E-state index contributed by atoms with van der Waals surface area (Å²) >= 11 is 0. The van der Waals surface area contributed by atoms with Gasteiger partial charge in [-0.2, -0.15) is 0 Å². The summed E-state index contributed by atoms with van der Waals surface area (Å²) in [6, 6.07) is 8.39. The molecule has 1 aromatic carbocycles. The van der Waals surface area contributed by atoms with E-state index in [1.165, 1.54) is 5.56 Å². The Morgan fingerprint density at radius 3 is 2.70 bits per heavy atom. The fraction of sp³-hybridized carbons (Fsp3) is 0.471. The van der Waals surface area contributed by atoms with Gasteiger partial charge in [-0.1, -0.05) is 32.9 Å². The minimum Gasteiger partial charge on any atom is -0.494 e. The monoisotopic (exact) mass is 272 g/mol. The van der Waals surface area contributed by atoms with Crippen LogP contribution in [0.4, 0.5) is 0 Å². The zero-order valence-electron chi connectivity index (χ0n) is 12.9. The van der Waals surface area contributed by atoms with Crippen LogP contribution in [0.2, 0.25) is 0 Å². The number of benzene rings is 1. The van der Waals surface area contributed by atoms with Crippen molar-refractivity contribution in [1.29, 1.82) is 0 Å². The molecule has 0 saturated heterocycles. The molecule has 0 N–H and O–H groups in total. The van der Waals surface area contributed by atoms with Crippen molar-refractivity contribution in [2.24, 2.45) is 0 Å². The van der Waals surface area contributed by atoms with E-state index in [1.807, 2.05) is 25.4 Å². The Balaban J connectivity index is 1.84. The summed E-state index contributed by atoms with van der Waals surface area (Å²) in [6.07, 6.45) is 4.83. The van der Waals surface area contributed by atoms with E-state index in [2.05, 4.69) is 48.5 Å². The number of nitrogens with zero attached hydrogens (tertiary/aromatic N) is 2. The highest BCUT2D eigenvalue weighted by Gasteiger charge is 2.13. The number of aryl methyl sites for hydroxylation is 2. The fourth-order valence-corrected chi connectivity index (χ4v) is 2.12. The van der Waals surface area contributed by atoms with Gasteiger partial charge in [-0.25, -0.2) is 4.98 Å². The Bertz CT molecular complexity index is 552. The molecule has 0 aliphatic rings. The van der Waals surface area contributed by atoms with Crippen LogP contribution >= 0.6 is 0 Å². The molecule has 2 aromatic rings. The van der Waals surface area contributed by atoms with Gasteiger partial charge in [0.1, 0.15) is 11.6 Å². The van der Waals surface area contributed by atoms with Gasteiger partial charge in [-0.3, -0.25) is 0 Å². The van der Waals surface area contributed by atoms with Crippen LogP contribution < -0.4 is 4.74 Å². The molecule has 108 valence electrons. The zero-order valence-corrected chi connectivity index (χ0v) is 12.9. The zero-order chi connectivity index (χ0) is 14.6. The molecule has 1 heterocycles. The lowest BCUT2D eigenvalue weighted by Crippen LogP contribution is -2.11. The van der Waals surface area contributed by atoms with Crippen molar-refractivity contribution < 1.29 is 4.74 Å². The maximum Gasteiger partial charge on any atom is 0.119 e. The lowest BCUT2D eigenvalue weighted by atomic mass is 9.87. The van der Waals surface area contributed by atoms with Crippen molar-refractivity contribution in [2.75, 3.05) is 6.61 Å². The van der Waals surface area contributed by atoms with Crippen LogP contribution in [0.25, 0.3) is 0 Å². The largest absolute Gasteiger partial charge is 0.494 e. The third-order valence-corrected chi connectivity index (χ3v) is 3.44. The second-order valence-electron chi connectivity index (χ2n) is 6.15. The van der Waals surface area contributed by atoms with E-state index in [-0.39, 0.29) is 5.41 Å². The molecule has 0 amide bonds. The van der Waals surface area contributed by atoms with Gasteiger partial charge in [0, 0.05) is 18.9 Å². The molecule has 0 unspecified atom stereocenters. The van der Waals surface area contributed by atoms with Crippen LogP contribution in [0.1, 0.15) is 38.6 Å². The van der Waals surface area contributed by atoms with Crippen molar-refractivity contribution in [3.05, 3.63) is 48.0 Å². The molecule has 0 spiro atoms. The standard InChI is InChI=1S/C17H24N2O/c1-14-18-9-11-19(14)10-6-12-20-16-8-5-7-15(13-16)17(2,3)4/h5,7-9,11,13H,6,10,12H2,1-4H3. The van der Waals surface area contributed by atoms with Gasteiger partial charge in [-0.05, 0) is 36.5 Å². The first-order chi connectivity index (χ1) is 9.47.